The number of hydrogen-bond donors (Lipinski definition) is 2. The molecule has 6 nitrogen and oxygen atoms in total. The molecule has 1 aromatic carbocycles. The van der Waals surface area contributed by atoms with Crippen LogP contribution in [0.4, 0.5) is 8.78 Å². The van der Waals surface area contributed by atoms with Gasteiger partial charge in [-0.2, -0.15) is 14.0 Å². The summed E-state index contributed by atoms with van der Waals surface area (Å²) < 4.78 is 34.2. The molecule has 8 heteroatoms. The Labute approximate surface area is 152 Å². The Kier molecular flexibility index (Phi) is 7.77. The molecule has 26 heavy (non-hydrogen) atoms. The predicted octanol–water partition coefficient (Wildman–Crippen LogP) is 1.37. The maximum Gasteiger partial charge on any atom is 0.387 e. The number of rotatable bonds is 9. The summed E-state index contributed by atoms with van der Waals surface area (Å²) in [6, 6.07) is 6.80. The van der Waals surface area contributed by atoms with Crippen molar-refractivity contribution in [2.24, 2.45) is 5.92 Å². The fourth-order valence-electron chi connectivity index (χ4n) is 2.34. The number of benzene rings is 1. The van der Waals surface area contributed by atoms with Crippen LogP contribution in [0.5, 0.6) is 11.5 Å². The molecular weight excluding hydrogens is 344 g/mol. The van der Waals surface area contributed by atoms with Gasteiger partial charge >= 0.3 is 6.61 Å². The SMILES string of the molecule is COc1cc(C[NH+](C)CC(=O)N[C@@](C)(C#N)C(C)C)ccc1OC(F)F. The molecule has 0 aliphatic carbocycles. The first-order valence-electron chi connectivity index (χ1n) is 8.26. The largest absolute Gasteiger partial charge is 0.493 e. The molecule has 0 spiro atoms. The summed E-state index contributed by atoms with van der Waals surface area (Å²) in [5.74, 6) is -0.0893. The summed E-state index contributed by atoms with van der Waals surface area (Å²) >= 11 is 0. The monoisotopic (exact) mass is 370 g/mol. The fourth-order valence-corrected chi connectivity index (χ4v) is 2.34. The minimum atomic E-state index is -2.93. The van der Waals surface area contributed by atoms with Gasteiger partial charge in [-0.05, 0) is 31.0 Å². The van der Waals surface area contributed by atoms with Crippen LogP contribution in [0.25, 0.3) is 0 Å². The van der Waals surface area contributed by atoms with Crippen molar-refractivity contribution in [3.8, 4) is 17.6 Å². The highest BCUT2D eigenvalue weighted by Crippen LogP contribution is 2.29. The molecule has 0 aliphatic rings. The first-order valence-corrected chi connectivity index (χ1v) is 8.26. The number of hydrogen-bond acceptors (Lipinski definition) is 4. The summed E-state index contributed by atoms with van der Waals surface area (Å²) in [6.07, 6.45) is 0. The van der Waals surface area contributed by atoms with Gasteiger partial charge in [0.15, 0.2) is 18.0 Å². The van der Waals surface area contributed by atoms with Crippen molar-refractivity contribution in [3.63, 3.8) is 0 Å². The quantitative estimate of drug-likeness (QED) is 0.688. The minimum absolute atomic E-state index is 0.0246. The lowest BCUT2D eigenvalue weighted by Crippen LogP contribution is -3.09. The second-order valence-corrected chi connectivity index (χ2v) is 6.69. The maximum atomic E-state index is 12.4. The van der Waals surface area contributed by atoms with Crippen LogP contribution in [0.1, 0.15) is 26.3 Å². The molecule has 2 N–H and O–H groups in total. The van der Waals surface area contributed by atoms with Crippen molar-refractivity contribution in [2.45, 2.75) is 39.5 Å². The van der Waals surface area contributed by atoms with E-state index < -0.39 is 12.2 Å². The Balaban J connectivity index is 2.72. The van der Waals surface area contributed by atoms with Gasteiger partial charge in [0.2, 0.25) is 0 Å². The topological polar surface area (TPSA) is 75.8 Å². The van der Waals surface area contributed by atoms with E-state index in [0.29, 0.717) is 6.54 Å². The average Bonchev–Trinajstić information content (AvgIpc) is 2.55. The van der Waals surface area contributed by atoms with Crippen molar-refractivity contribution >= 4 is 5.91 Å². The van der Waals surface area contributed by atoms with E-state index in [-0.39, 0.29) is 29.9 Å². The van der Waals surface area contributed by atoms with Gasteiger partial charge in [-0.1, -0.05) is 13.8 Å². The maximum absolute atomic E-state index is 12.4. The van der Waals surface area contributed by atoms with Gasteiger partial charge in [-0.15, -0.1) is 0 Å². The Hall–Kier alpha value is -2.40. The van der Waals surface area contributed by atoms with E-state index in [4.69, 9.17) is 4.74 Å². The molecular formula is C18H26F2N3O3+. The zero-order valence-corrected chi connectivity index (χ0v) is 15.7. The second-order valence-electron chi connectivity index (χ2n) is 6.69. The van der Waals surface area contributed by atoms with Crippen molar-refractivity contribution in [1.82, 2.24) is 5.32 Å². The van der Waals surface area contributed by atoms with Crippen LogP contribution in [0.3, 0.4) is 0 Å². The van der Waals surface area contributed by atoms with Crippen molar-refractivity contribution < 1.29 is 27.9 Å². The number of nitrogens with zero attached hydrogens (tertiary/aromatic N) is 1. The second kappa shape index (κ2) is 9.34. The summed E-state index contributed by atoms with van der Waals surface area (Å²) in [6.45, 7) is 3.15. The highest BCUT2D eigenvalue weighted by molar-refractivity contribution is 5.78. The van der Waals surface area contributed by atoms with Crippen LogP contribution in [-0.2, 0) is 11.3 Å². The third-order valence-corrected chi connectivity index (χ3v) is 4.20. The molecule has 0 bridgehead atoms. The molecule has 0 heterocycles. The molecule has 144 valence electrons. The molecule has 0 fully saturated rings. The number of nitriles is 1. The number of alkyl halides is 2. The molecule has 0 aromatic heterocycles. The molecule has 0 saturated carbocycles. The lowest BCUT2D eigenvalue weighted by atomic mass is 9.90. The normalized spacial score (nSPS) is 14.5. The van der Waals surface area contributed by atoms with Crippen LogP contribution < -0.4 is 19.7 Å². The Morgan fingerprint density at radius 1 is 1.38 bits per heavy atom. The number of amides is 1. The number of carbonyl (C=O) groups is 1. The lowest BCUT2D eigenvalue weighted by molar-refractivity contribution is -0.885. The number of methoxy groups -OCH3 is 1. The van der Waals surface area contributed by atoms with Gasteiger partial charge in [0.05, 0.1) is 20.2 Å². The summed E-state index contributed by atoms with van der Waals surface area (Å²) in [5, 5.41) is 12.0. The molecule has 0 aliphatic heterocycles. The zero-order valence-electron chi connectivity index (χ0n) is 15.7. The van der Waals surface area contributed by atoms with E-state index in [9.17, 15) is 18.8 Å². The Bertz CT molecular complexity index is 662. The molecule has 1 rings (SSSR count). The van der Waals surface area contributed by atoms with Gasteiger partial charge in [0, 0.05) is 5.56 Å². The van der Waals surface area contributed by atoms with Crippen LogP contribution in [-0.4, -0.2) is 38.8 Å². The molecule has 2 atom stereocenters. The minimum Gasteiger partial charge on any atom is -0.493 e. The van der Waals surface area contributed by atoms with Gasteiger partial charge in [0.25, 0.3) is 5.91 Å². The number of ether oxygens (including phenoxy) is 2. The fraction of sp³-hybridized carbons (Fsp3) is 0.556. The van der Waals surface area contributed by atoms with Crippen LogP contribution in [0.2, 0.25) is 0 Å². The highest BCUT2D eigenvalue weighted by atomic mass is 19.3. The Morgan fingerprint density at radius 3 is 2.54 bits per heavy atom. The zero-order chi connectivity index (χ0) is 19.9. The van der Waals surface area contributed by atoms with Crippen molar-refractivity contribution in [3.05, 3.63) is 23.8 Å². The number of nitrogens with one attached hydrogen (secondary N) is 2. The number of carbonyl (C=O) groups excluding carboxylic acids is 1. The third-order valence-electron chi connectivity index (χ3n) is 4.20. The molecule has 1 unspecified atom stereocenters. The van der Waals surface area contributed by atoms with Crippen molar-refractivity contribution in [2.75, 3.05) is 20.7 Å². The first-order chi connectivity index (χ1) is 12.1. The van der Waals surface area contributed by atoms with Gasteiger partial charge in [-0.3, -0.25) is 4.79 Å². The molecule has 0 radical (unpaired) electrons. The number of quaternary nitrogens is 1. The van der Waals surface area contributed by atoms with Crippen LogP contribution in [0.15, 0.2) is 18.2 Å². The van der Waals surface area contributed by atoms with Gasteiger partial charge < -0.3 is 19.7 Å². The van der Waals surface area contributed by atoms with E-state index in [1.165, 1.54) is 13.2 Å². The van der Waals surface area contributed by atoms with Crippen LogP contribution in [0, 0.1) is 17.2 Å². The summed E-state index contributed by atoms with van der Waals surface area (Å²) in [7, 11) is 3.20. The standard InChI is InChI=1S/C18H25F2N3O3/c1-12(2)18(3,11-21)22-16(24)10-23(4)9-13-6-7-14(26-17(19)20)15(8-13)25-5/h6-8,12,17H,9-10H2,1-5H3,(H,22,24)/p+1/t18-/m0/s1. The van der Waals surface area contributed by atoms with E-state index in [2.05, 4.69) is 16.1 Å². The Morgan fingerprint density at radius 2 is 2.04 bits per heavy atom. The first kappa shape index (κ1) is 21.6. The highest BCUT2D eigenvalue weighted by Gasteiger charge is 2.30. The van der Waals surface area contributed by atoms with Crippen LogP contribution >= 0.6 is 0 Å². The molecule has 1 amide bonds. The van der Waals surface area contributed by atoms with Gasteiger partial charge in [-0.25, -0.2) is 0 Å². The average molecular weight is 370 g/mol. The third kappa shape index (κ3) is 6.15. The smallest absolute Gasteiger partial charge is 0.387 e. The summed E-state index contributed by atoms with van der Waals surface area (Å²) in [5.41, 5.74) is -0.116. The van der Waals surface area contributed by atoms with Crippen molar-refractivity contribution in [1.29, 1.82) is 5.26 Å². The molecule has 0 saturated heterocycles. The number of halogens is 2. The predicted molar refractivity (Wildman–Crippen MR) is 92.1 cm³/mol. The van der Waals surface area contributed by atoms with E-state index in [0.717, 1.165) is 10.5 Å². The molecule has 1 aromatic rings. The van der Waals surface area contributed by atoms with E-state index in [1.807, 2.05) is 20.9 Å². The lowest BCUT2D eigenvalue weighted by Gasteiger charge is -2.27. The van der Waals surface area contributed by atoms with Gasteiger partial charge in [0.1, 0.15) is 12.1 Å². The number of likely N-dealkylation sites (N-methyl/N-ethyl adjacent to an activating group) is 1. The van der Waals surface area contributed by atoms with E-state index >= 15 is 0 Å². The van der Waals surface area contributed by atoms with E-state index in [1.54, 1.807) is 19.1 Å². The summed E-state index contributed by atoms with van der Waals surface area (Å²) in [4.78, 5) is 13.1.